The second-order valence-corrected chi connectivity index (χ2v) is 25.7. The molecular weight excluding hydrogens is 1020 g/mol. The van der Waals surface area contributed by atoms with Gasteiger partial charge < -0.3 is 18.9 Å². The molecule has 15 rings (SSSR count). The van der Waals surface area contributed by atoms with Crippen LogP contribution in [0.1, 0.15) is 92.7 Å². The van der Waals surface area contributed by atoms with Gasteiger partial charge in [0, 0.05) is 69.5 Å². The Morgan fingerprint density at radius 3 is 1.23 bits per heavy atom. The summed E-state index contributed by atoms with van der Waals surface area (Å²) < 4.78 is 99.5. The van der Waals surface area contributed by atoms with Gasteiger partial charge in [0.25, 0.3) is 6.71 Å². The second-order valence-electron chi connectivity index (χ2n) is 25.7. The van der Waals surface area contributed by atoms with Gasteiger partial charge in [-0.2, -0.15) is 0 Å². The van der Waals surface area contributed by atoms with Crippen LogP contribution in [0.2, 0.25) is 0 Å². The van der Waals surface area contributed by atoms with Crippen molar-refractivity contribution in [3.05, 3.63) is 259 Å². The van der Waals surface area contributed by atoms with Gasteiger partial charge in [0.1, 0.15) is 0 Å². The molecule has 0 atom stereocenters. The largest absolute Gasteiger partial charge is 0.311 e. The molecule has 0 radical (unpaired) electrons. The lowest BCUT2D eigenvalue weighted by Crippen LogP contribution is -2.61. The zero-order valence-corrected chi connectivity index (χ0v) is 48.8. The molecule has 0 spiro atoms. The van der Waals surface area contributed by atoms with Gasteiger partial charge in [-0.05, 0) is 152 Å². The Morgan fingerprint density at radius 1 is 0.381 bits per heavy atom. The molecule has 0 aliphatic carbocycles. The molecule has 13 aromatic rings. The van der Waals surface area contributed by atoms with Crippen LogP contribution in [0, 0.1) is 5.41 Å². The Kier molecular flexibility index (Phi) is 9.48. The molecule has 5 heteroatoms. The summed E-state index contributed by atoms with van der Waals surface area (Å²) in [6.07, 6.45) is -1.94. The zero-order valence-electron chi connectivity index (χ0n) is 58.8. The van der Waals surface area contributed by atoms with Gasteiger partial charge in [0.2, 0.25) is 0 Å². The molecule has 2 aliphatic heterocycles. The highest BCUT2D eigenvalue weighted by atomic mass is 15.2. The van der Waals surface area contributed by atoms with Crippen molar-refractivity contribution in [2.75, 3.05) is 9.80 Å². The number of benzene rings is 11. The third-order valence-electron chi connectivity index (χ3n) is 17.1. The summed E-state index contributed by atoms with van der Waals surface area (Å²) in [6.45, 7) is 18.1. The van der Waals surface area contributed by atoms with Crippen LogP contribution in [0.5, 0.6) is 0 Å². The Labute approximate surface area is 509 Å². The highest BCUT2D eigenvalue weighted by Gasteiger charge is 2.45. The van der Waals surface area contributed by atoms with E-state index in [4.69, 9.17) is 5.48 Å². The maximum atomic E-state index is 10.4. The van der Waals surface area contributed by atoms with Gasteiger partial charge >= 0.3 is 0 Å². The average Bonchev–Trinajstić information content (AvgIpc) is 0.720. The van der Waals surface area contributed by atoms with E-state index in [2.05, 4.69) is 173 Å². The van der Waals surface area contributed by atoms with Crippen LogP contribution < -0.4 is 26.2 Å². The molecule has 0 fully saturated rings. The van der Waals surface area contributed by atoms with Crippen molar-refractivity contribution in [3.8, 4) is 33.6 Å². The molecule has 0 saturated carbocycles. The molecule has 4 nitrogen and oxygen atoms in total. The van der Waals surface area contributed by atoms with Crippen molar-refractivity contribution in [3.63, 3.8) is 0 Å². The van der Waals surface area contributed by atoms with Gasteiger partial charge in [-0.3, -0.25) is 0 Å². The molecule has 2 aliphatic rings. The first-order valence-corrected chi connectivity index (χ1v) is 29.1. The molecule has 0 N–H and O–H groups in total. The highest BCUT2D eigenvalue weighted by Crippen LogP contribution is 2.50. The molecule has 4 heterocycles. The van der Waals surface area contributed by atoms with Gasteiger partial charge in [-0.15, -0.1) is 0 Å². The predicted octanol–water partition coefficient (Wildman–Crippen LogP) is 19.5. The zero-order chi connectivity index (χ0) is 66.1. The Hall–Kier alpha value is -9.32. The SMILES string of the molecule is [2H]c1c([2H])c([2H])c2c(c1[2H])c1cc(C(C)(C)C)ccc1n2-c1ccc2c(c1)N(c1ccccc1-c1ccccc1)c1cc(C([2H])([2H])C(C)(C)C)cc3c1B2c1ccc(-n2c4ccc(C(C)(C)C)cc4c4c([2H])c([2H])c([2H])c([2H])c42)cc1N3c1ccccc1-c1ccccc1. The lowest BCUT2D eigenvalue weighted by molar-refractivity contribution is 0.411. The smallest absolute Gasteiger partial charge is 0.252 e. The number of rotatable bonds is 7. The van der Waals surface area contributed by atoms with Crippen LogP contribution in [0.25, 0.3) is 77.2 Å². The third-order valence-corrected chi connectivity index (χ3v) is 17.1. The van der Waals surface area contributed by atoms with Crippen LogP contribution in [0.15, 0.2) is 242 Å². The summed E-state index contributed by atoms with van der Waals surface area (Å²) in [7, 11) is 0. The lowest BCUT2D eigenvalue weighted by Gasteiger charge is -2.45. The summed E-state index contributed by atoms with van der Waals surface area (Å²) in [6, 6.07) is 64.7. The number of hydrogen-bond donors (Lipinski definition) is 0. The molecule has 0 amide bonds. The third kappa shape index (κ3) is 8.34. The minimum Gasteiger partial charge on any atom is -0.311 e. The number of aromatic nitrogens is 2. The van der Waals surface area contributed by atoms with Crippen molar-refractivity contribution in [1.29, 1.82) is 0 Å². The monoisotopic (exact) mass is 1090 g/mol. The van der Waals surface area contributed by atoms with Crippen LogP contribution in [-0.4, -0.2) is 15.8 Å². The second kappa shape index (κ2) is 19.1. The number of nitrogens with zero attached hydrogens (tertiary/aromatic N) is 4. The number of para-hydroxylation sites is 4. The summed E-state index contributed by atoms with van der Waals surface area (Å²) in [5.41, 5.74) is 15.8. The molecule has 0 saturated heterocycles. The summed E-state index contributed by atoms with van der Waals surface area (Å²) in [5.74, 6) is 0. The molecule has 0 bridgehead atoms. The molecule has 408 valence electrons. The van der Waals surface area contributed by atoms with Crippen LogP contribution in [0.4, 0.5) is 34.1 Å². The van der Waals surface area contributed by atoms with Crippen molar-refractivity contribution in [1.82, 2.24) is 9.13 Å². The van der Waals surface area contributed by atoms with E-state index in [-0.39, 0.29) is 59.2 Å². The van der Waals surface area contributed by atoms with E-state index >= 15 is 0 Å². The first kappa shape index (κ1) is 41.6. The topological polar surface area (TPSA) is 16.3 Å². The van der Waals surface area contributed by atoms with Crippen molar-refractivity contribution < 1.29 is 13.7 Å². The Morgan fingerprint density at radius 2 is 0.798 bits per heavy atom. The van der Waals surface area contributed by atoms with Crippen molar-refractivity contribution >= 4 is 101 Å². The normalized spacial score (nSPS) is 15.1. The summed E-state index contributed by atoms with van der Waals surface area (Å²) in [4.78, 5) is 4.58. The van der Waals surface area contributed by atoms with Crippen molar-refractivity contribution in [2.24, 2.45) is 5.41 Å². The van der Waals surface area contributed by atoms with E-state index in [0.29, 0.717) is 49.5 Å². The van der Waals surface area contributed by atoms with E-state index in [1.807, 2.05) is 103 Å². The Bertz CT molecular complexity index is 5050. The fourth-order valence-corrected chi connectivity index (χ4v) is 13.2. The van der Waals surface area contributed by atoms with Gasteiger partial charge in [0.05, 0.1) is 44.4 Å². The summed E-state index contributed by atoms with van der Waals surface area (Å²) in [5, 5.41) is 2.29. The minimum absolute atomic E-state index is 0.114. The predicted molar refractivity (Wildman–Crippen MR) is 361 cm³/mol. The molecular formula is C79H69BN4. The van der Waals surface area contributed by atoms with E-state index in [0.717, 1.165) is 94.9 Å². The molecule has 11 aromatic carbocycles. The molecule has 84 heavy (non-hydrogen) atoms. The van der Waals surface area contributed by atoms with E-state index in [1.165, 1.54) is 0 Å². The van der Waals surface area contributed by atoms with E-state index in [9.17, 15) is 8.22 Å². The maximum absolute atomic E-state index is 10.4. The van der Waals surface area contributed by atoms with Gasteiger partial charge in [-0.25, -0.2) is 0 Å². The van der Waals surface area contributed by atoms with Crippen molar-refractivity contribution in [2.45, 2.75) is 79.5 Å². The highest BCUT2D eigenvalue weighted by molar-refractivity contribution is 7.00. The fourth-order valence-electron chi connectivity index (χ4n) is 13.2. The molecule has 2 aromatic heterocycles. The fraction of sp³-hybridized carbons (Fsp3) is 0.165. The van der Waals surface area contributed by atoms with Gasteiger partial charge in [0.15, 0.2) is 0 Å². The first-order valence-electron chi connectivity index (χ1n) is 34.1. The van der Waals surface area contributed by atoms with Crippen LogP contribution in [0.3, 0.4) is 0 Å². The summed E-state index contributed by atoms with van der Waals surface area (Å²) >= 11 is 0. The van der Waals surface area contributed by atoms with E-state index < -0.39 is 18.5 Å². The number of fused-ring (bicyclic) bond motifs is 10. The first-order chi connectivity index (χ1) is 44.7. The molecule has 0 unspecified atom stereocenters. The minimum atomic E-state index is -1.94. The number of anilines is 6. The number of hydrogen-bond acceptors (Lipinski definition) is 2. The average molecular weight is 1100 g/mol. The van der Waals surface area contributed by atoms with Crippen LogP contribution >= 0.6 is 0 Å². The van der Waals surface area contributed by atoms with Crippen LogP contribution in [-0.2, 0) is 17.2 Å². The standard InChI is InChI=1S/C79H69BN4/c1-77(2,3)50-51-44-74-76-75(45-51)84(67-33-21-17-29-59(67)53-26-14-11-15-27-53)73-49-57(82-69-35-23-19-31-61(69)63-47-55(79(7,8)9)37-43-71(63)82)39-41-65(73)80(76)64-40-38-56(48-72(64)83(74)66-32-20-16-28-58(66)52-24-12-10-13-25-52)81-68-34-22-18-30-60(68)62-46-54(78(4,5)6)36-42-70(62)81/h10-49H,50H2,1-9H3/i18D,19D,22D,23D,30D,31D,34D,35D,50D2. The quantitative estimate of drug-likeness (QED) is 0.148. The Balaban J connectivity index is 1.11. The maximum Gasteiger partial charge on any atom is 0.252 e. The van der Waals surface area contributed by atoms with E-state index in [1.54, 1.807) is 0 Å². The lowest BCUT2D eigenvalue weighted by atomic mass is 9.33. The van der Waals surface area contributed by atoms with Gasteiger partial charge in [-0.1, -0.05) is 220 Å².